The van der Waals surface area contributed by atoms with Gasteiger partial charge < -0.3 is 14.6 Å². The van der Waals surface area contributed by atoms with E-state index in [1.807, 2.05) is 17.7 Å². The second-order valence-corrected chi connectivity index (χ2v) is 4.44. The van der Waals surface area contributed by atoms with Crippen molar-refractivity contribution in [2.24, 2.45) is 0 Å². The highest BCUT2D eigenvalue weighted by Gasteiger charge is 2.30. The van der Waals surface area contributed by atoms with Crippen LogP contribution in [-0.2, 0) is 13.1 Å². The van der Waals surface area contributed by atoms with Gasteiger partial charge in [-0.3, -0.25) is 0 Å². The normalized spacial score (nSPS) is 11.6. The Kier molecular flexibility index (Phi) is 4.85. The number of nitrogens with one attached hydrogen (secondary N) is 1. The largest absolute Gasteiger partial charge is 0.573 e. The molecule has 1 aromatic carbocycles. The Morgan fingerprint density at radius 2 is 1.95 bits per heavy atom. The number of hydrogen-bond acceptors (Lipinski definition) is 3. The molecule has 0 aliphatic heterocycles. The van der Waals surface area contributed by atoms with Gasteiger partial charge in [0.25, 0.3) is 0 Å². The molecule has 0 saturated heterocycles. The summed E-state index contributed by atoms with van der Waals surface area (Å²) in [6, 6.07) is 5.84. The van der Waals surface area contributed by atoms with E-state index < -0.39 is 6.36 Å². The molecule has 0 aliphatic carbocycles. The van der Waals surface area contributed by atoms with Gasteiger partial charge in [-0.05, 0) is 24.2 Å². The van der Waals surface area contributed by atoms with Gasteiger partial charge in [0.15, 0.2) is 0 Å². The zero-order valence-corrected chi connectivity index (χ0v) is 11.5. The summed E-state index contributed by atoms with van der Waals surface area (Å²) in [5, 5.41) is 3.18. The van der Waals surface area contributed by atoms with E-state index in [0.717, 1.165) is 17.9 Å². The Balaban J connectivity index is 2.02. The molecule has 7 heteroatoms. The number of alkyl halides is 3. The predicted molar refractivity (Wildman–Crippen MR) is 71.8 cm³/mol. The lowest BCUT2D eigenvalue weighted by Gasteiger charge is -2.11. The Morgan fingerprint density at radius 3 is 2.57 bits per heavy atom. The first-order valence-electron chi connectivity index (χ1n) is 6.53. The van der Waals surface area contributed by atoms with Gasteiger partial charge in [-0.2, -0.15) is 0 Å². The third-order valence-corrected chi connectivity index (χ3v) is 2.84. The lowest BCUT2D eigenvalue weighted by Crippen LogP contribution is -2.17. The summed E-state index contributed by atoms with van der Waals surface area (Å²) >= 11 is 0. The molecule has 0 bridgehead atoms. The molecule has 2 rings (SSSR count). The average molecular weight is 299 g/mol. The molecule has 114 valence electrons. The van der Waals surface area contributed by atoms with Crippen LogP contribution in [0.2, 0.25) is 0 Å². The van der Waals surface area contributed by atoms with Crippen LogP contribution < -0.4 is 10.1 Å². The highest BCUT2D eigenvalue weighted by Crippen LogP contribution is 2.23. The summed E-state index contributed by atoms with van der Waals surface area (Å²) in [4.78, 5) is 4.24. The molecule has 0 unspecified atom stereocenters. The second-order valence-electron chi connectivity index (χ2n) is 4.44. The van der Waals surface area contributed by atoms with Gasteiger partial charge in [-0.1, -0.05) is 19.1 Å². The first-order chi connectivity index (χ1) is 9.98. The number of halogens is 3. The SMILES string of the molecule is CCNCc1nccn1Cc1ccc(OC(F)(F)F)cc1. The van der Waals surface area contributed by atoms with Gasteiger partial charge in [-0.25, -0.2) is 4.98 Å². The third kappa shape index (κ3) is 4.78. The van der Waals surface area contributed by atoms with Gasteiger partial charge >= 0.3 is 6.36 Å². The molecule has 0 amide bonds. The Hall–Kier alpha value is -2.02. The fourth-order valence-corrected chi connectivity index (χ4v) is 1.88. The molecule has 1 aromatic heterocycles. The van der Waals surface area contributed by atoms with E-state index >= 15 is 0 Å². The predicted octanol–water partition coefficient (Wildman–Crippen LogP) is 2.94. The zero-order chi connectivity index (χ0) is 15.3. The lowest BCUT2D eigenvalue weighted by atomic mass is 10.2. The van der Waals surface area contributed by atoms with Crippen LogP contribution in [0.25, 0.3) is 0 Å². The van der Waals surface area contributed by atoms with E-state index in [1.165, 1.54) is 12.1 Å². The zero-order valence-electron chi connectivity index (χ0n) is 11.5. The van der Waals surface area contributed by atoms with Crippen LogP contribution in [0.4, 0.5) is 13.2 Å². The van der Waals surface area contributed by atoms with Crippen LogP contribution in [0.1, 0.15) is 18.3 Å². The Labute approximate surface area is 120 Å². The molecule has 0 aliphatic rings. The van der Waals surface area contributed by atoms with E-state index in [1.54, 1.807) is 18.3 Å². The van der Waals surface area contributed by atoms with Crippen molar-refractivity contribution in [1.29, 1.82) is 0 Å². The van der Waals surface area contributed by atoms with Crippen LogP contribution in [-0.4, -0.2) is 22.5 Å². The number of ether oxygens (including phenoxy) is 1. The minimum absolute atomic E-state index is 0.218. The van der Waals surface area contributed by atoms with Crippen molar-refractivity contribution < 1.29 is 17.9 Å². The summed E-state index contributed by atoms with van der Waals surface area (Å²) in [5.74, 6) is 0.664. The molecule has 0 radical (unpaired) electrons. The van der Waals surface area contributed by atoms with Gasteiger partial charge in [0, 0.05) is 18.9 Å². The monoisotopic (exact) mass is 299 g/mol. The van der Waals surface area contributed by atoms with Gasteiger partial charge in [0.2, 0.25) is 0 Å². The minimum atomic E-state index is -4.66. The maximum absolute atomic E-state index is 12.1. The summed E-state index contributed by atoms with van der Waals surface area (Å²) in [5.41, 5.74) is 0.875. The van der Waals surface area contributed by atoms with Crippen molar-refractivity contribution >= 4 is 0 Å². The molecular weight excluding hydrogens is 283 g/mol. The standard InChI is InChI=1S/C14H16F3N3O/c1-2-18-9-13-19-7-8-20(13)10-11-3-5-12(6-4-11)21-14(15,16)17/h3-8,18H,2,9-10H2,1H3. The van der Waals surface area contributed by atoms with Gasteiger partial charge in [-0.15, -0.1) is 13.2 Å². The second kappa shape index (κ2) is 6.62. The van der Waals surface area contributed by atoms with E-state index in [2.05, 4.69) is 15.0 Å². The average Bonchev–Trinajstić information content (AvgIpc) is 2.84. The Bertz CT molecular complexity index is 564. The molecule has 4 nitrogen and oxygen atoms in total. The van der Waals surface area contributed by atoms with Crippen LogP contribution in [0, 0.1) is 0 Å². The summed E-state index contributed by atoms with van der Waals surface area (Å²) in [6.45, 7) is 4.05. The number of imidazole rings is 1. The van der Waals surface area contributed by atoms with Crippen molar-refractivity contribution in [3.63, 3.8) is 0 Å². The first kappa shape index (κ1) is 15.4. The van der Waals surface area contributed by atoms with Crippen LogP contribution in [0.5, 0.6) is 5.75 Å². The van der Waals surface area contributed by atoms with Crippen LogP contribution >= 0.6 is 0 Å². The molecule has 0 fully saturated rings. The summed E-state index contributed by atoms with van der Waals surface area (Å²) in [7, 11) is 0. The lowest BCUT2D eigenvalue weighted by molar-refractivity contribution is -0.274. The van der Waals surface area contributed by atoms with Crippen LogP contribution in [0.3, 0.4) is 0 Å². The molecule has 0 saturated carbocycles. The van der Waals surface area contributed by atoms with Crippen molar-refractivity contribution in [3.05, 3.63) is 48.0 Å². The Morgan fingerprint density at radius 1 is 1.24 bits per heavy atom. The van der Waals surface area contributed by atoms with E-state index in [4.69, 9.17) is 0 Å². The number of aromatic nitrogens is 2. The van der Waals surface area contributed by atoms with Crippen molar-refractivity contribution in [1.82, 2.24) is 14.9 Å². The molecular formula is C14H16F3N3O. The summed E-state index contributed by atoms with van der Waals surface area (Å²) in [6.07, 6.45) is -1.12. The highest BCUT2D eigenvalue weighted by molar-refractivity contribution is 5.27. The maximum atomic E-state index is 12.1. The smallest absolute Gasteiger partial charge is 0.406 e. The van der Waals surface area contributed by atoms with Crippen molar-refractivity contribution in [3.8, 4) is 5.75 Å². The van der Waals surface area contributed by atoms with Crippen molar-refractivity contribution in [2.45, 2.75) is 26.4 Å². The topological polar surface area (TPSA) is 39.1 Å². The molecule has 1 N–H and O–H groups in total. The summed E-state index contributed by atoms with van der Waals surface area (Å²) < 4.78 is 42.0. The molecule has 1 heterocycles. The quantitative estimate of drug-likeness (QED) is 0.891. The fraction of sp³-hybridized carbons (Fsp3) is 0.357. The minimum Gasteiger partial charge on any atom is -0.406 e. The van der Waals surface area contributed by atoms with E-state index in [0.29, 0.717) is 13.1 Å². The number of hydrogen-bond donors (Lipinski definition) is 1. The molecule has 0 atom stereocenters. The number of benzene rings is 1. The third-order valence-electron chi connectivity index (χ3n) is 2.84. The first-order valence-corrected chi connectivity index (χ1v) is 6.53. The molecule has 2 aromatic rings. The van der Waals surface area contributed by atoms with Crippen LogP contribution in [0.15, 0.2) is 36.7 Å². The maximum Gasteiger partial charge on any atom is 0.573 e. The van der Waals surface area contributed by atoms with Gasteiger partial charge in [0.1, 0.15) is 11.6 Å². The van der Waals surface area contributed by atoms with Crippen molar-refractivity contribution in [2.75, 3.05) is 6.54 Å². The molecule has 21 heavy (non-hydrogen) atoms. The van der Waals surface area contributed by atoms with E-state index in [9.17, 15) is 13.2 Å². The number of rotatable bonds is 6. The van der Waals surface area contributed by atoms with E-state index in [-0.39, 0.29) is 5.75 Å². The van der Waals surface area contributed by atoms with Gasteiger partial charge in [0.05, 0.1) is 6.54 Å². The fourth-order valence-electron chi connectivity index (χ4n) is 1.88. The number of nitrogens with zero attached hydrogens (tertiary/aromatic N) is 2. The highest BCUT2D eigenvalue weighted by atomic mass is 19.4. The molecule has 0 spiro atoms.